The van der Waals surface area contributed by atoms with Crippen molar-refractivity contribution in [3.63, 3.8) is 0 Å². The average Bonchev–Trinajstić information content (AvgIpc) is 3.90. The van der Waals surface area contributed by atoms with Crippen LogP contribution >= 0.6 is 7.82 Å². The fourth-order valence-corrected chi connectivity index (χ4v) is 14.4. The summed E-state index contributed by atoms with van der Waals surface area (Å²) in [6.45, 7) is 15.3. The van der Waals surface area contributed by atoms with Gasteiger partial charge in [0, 0.05) is 41.9 Å². The Morgan fingerprint density at radius 2 is 1.45 bits per heavy atom. The smallest absolute Gasteiger partial charge is 0.402 e. The molecule has 2 saturated heterocycles. The number of hydrogen-bond donors (Lipinski definition) is 3. The van der Waals surface area contributed by atoms with E-state index in [1.54, 1.807) is 43.5 Å². The molecule has 4 heterocycles. The standard InChI is InChI=1S/C46H53N6O12PSi/c1-30-26-51(44(56)49-41(30)48-43(55)32-16-10-7-11-17-32)40-25-36(64-66(46(3,4)5,33-18-12-8-13-19-33)34-20-14-9-15-21-34)38(62-40)29-60-65(58,59-23-22-47-6)63-35-24-39(61-37(35)28-53)52-27-31(2)42(54)50-45(52)57/h7-21,26-27,35-40,53H,22-25,28-29H2,1-5H3,(H,50,54,57)(H,48,49,55,56)/t35-,36-,37-,38-,39-,40-,65?/m1/s1. The maximum atomic E-state index is 14.7. The summed E-state index contributed by atoms with van der Waals surface area (Å²) in [5, 5.41) is 14.5. The Morgan fingerprint density at radius 3 is 2.06 bits per heavy atom. The van der Waals surface area contributed by atoms with Crippen LogP contribution in [0.4, 0.5) is 5.82 Å². The van der Waals surface area contributed by atoms with Crippen molar-refractivity contribution in [2.24, 2.45) is 0 Å². The number of aliphatic hydroxyl groups is 1. The molecule has 7 atom stereocenters. The second-order valence-electron chi connectivity index (χ2n) is 17.1. The molecule has 0 aliphatic carbocycles. The van der Waals surface area contributed by atoms with E-state index in [2.05, 4.69) is 40.9 Å². The Morgan fingerprint density at radius 1 is 0.879 bits per heavy atom. The number of amides is 1. The Kier molecular flexibility index (Phi) is 15.0. The number of nitrogens with zero attached hydrogens (tertiary/aromatic N) is 4. The predicted octanol–water partition coefficient (Wildman–Crippen LogP) is 4.62. The van der Waals surface area contributed by atoms with Gasteiger partial charge in [-0.05, 0) is 41.4 Å². The number of aryl methyl sites for hydroxylation is 2. The van der Waals surface area contributed by atoms with Crippen LogP contribution < -0.4 is 32.6 Å². The molecule has 1 unspecified atom stereocenters. The first-order chi connectivity index (χ1) is 31.6. The molecule has 0 saturated carbocycles. The minimum absolute atomic E-state index is 0.0811. The van der Waals surface area contributed by atoms with Crippen molar-refractivity contribution in [2.45, 2.75) is 89.4 Å². The second-order valence-corrected chi connectivity index (χ2v) is 23.0. The van der Waals surface area contributed by atoms with Crippen LogP contribution in [0.25, 0.3) is 4.85 Å². The zero-order valence-electron chi connectivity index (χ0n) is 37.2. The van der Waals surface area contributed by atoms with Crippen molar-refractivity contribution in [3.8, 4) is 0 Å². The zero-order valence-corrected chi connectivity index (χ0v) is 39.1. The number of anilines is 1. The molecule has 66 heavy (non-hydrogen) atoms. The fourth-order valence-electron chi connectivity index (χ4n) is 8.31. The maximum absolute atomic E-state index is 14.7. The van der Waals surface area contributed by atoms with Crippen molar-refractivity contribution in [1.29, 1.82) is 0 Å². The van der Waals surface area contributed by atoms with Crippen molar-refractivity contribution < 1.29 is 41.9 Å². The number of aliphatic hydroxyl groups excluding tert-OH is 1. The van der Waals surface area contributed by atoms with Gasteiger partial charge in [0.25, 0.3) is 19.8 Å². The quantitative estimate of drug-likeness (QED) is 0.0503. The molecule has 20 heteroatoms. The summed E-state index contributed by atoms with van der Waals surface area (Å²) in [5.41, 5.74) is -0.925. The molecular formula is C46H53N6O12PSi. The van der Waals surface area contributed by atoms with Crippen LogP contribution in [0.15, 0.2) is 118 Å². The molecule has 2 aliphatic rings. The minimum atomic E-state index is -4.65. The predicted molar refractivity (Wildman–Crippen MR) is 246 cm³/mol. The normalized spacial score (nSPS) is 21.8. The first-order valence-corrected chi connectivity index (χ1v) is 24.8. The highest BCUT2D eigenvalue weighted by Crippen LogP contribution is 2.54. The van der Waals surface area contributed by atoms with E-state index in [1.807, 2.05) is 60.7 Å². The molecule has 0 radical (unpaired) electrons. The van der Waals surface area contributed by atoms with Gasteiger partial charge in [-0.15, -0.1) is 0 Å². The number of nitrogens with one attached hydrogen (secondary N) is 2. The monoisotopic (exact) mass is 940 g/mol. The second kappa shape index (κ2) is 20.5. The van der Waals surface area contributed by atoms with Gasteiger partial charge in [0.2, 0.25) is 6.54 Å². The molecule has 2 aliphatic heterocycles. The Balaban J connectivity index is 1.23. The van der Waals surface area contributed by atoms with Gasteiger partial charge in [0.05, 0.1) is 19.3 Å². The highest BCUT2D eigenvalue weighted by atomic mass is 31.2. The van der Waals surface area contributed by atoms with E-state index in [0.717, 1.165) is 14.9 Å². The van der Waals surface area contributed by atoms with Crippen LogP contribution in [0.3, 0.4) is 0 Å². The molecule has 3 aromatic carbocycles. The van der Waals surface area contributed by atoms with Crippen molar-refractivity contribution in [2.75, 3.05) is 31.7 Å². The highest BCUT2D eigenvalue weighted by Gasteiger charge is 2.54. The number of H-pyrrole nitrogens is 1. The van der Waals surface area contributed by atoms with Crippen molar-refractivity contribution in [1.82, 2.24) is 19.1 Å². The lowest BCUT2D eigenvalue weighted by molar-refractivity contribution is -0.0587. The summed E-state index contributed by atoms with van der Waals surface area (Å²) in [4.78, 5) is 61.5. The number of carbonyl (C=O) groups is 1. The van der Waals surface area contributed by atoms with E-state index in [1.165, 1.54) is 17.7 Å². The van der Waals surface area contributed by atoms with Crippen molar-refractivity contribution in [3.05, 3.63) is 163 Å². The molecule has 18 nitrogen and oxygen atoms in total. The number of hydrogen-bond acceptors (Lipinski definition) is 13. The van der Waals surface area contributed by atoms with Gasteiger partial charge in [-0.1, -0.05) is 99.6 Å². The molecule has 348 valence electrons. The van der Waals surface area contributed by atoms with Crippen LogP contribution in [0.1, 0.15) is 67.6 Å². The third-order valence-electron chi connectivity index (χ3n) is 11.6. The van der Waals surface area contributed by atoms with Crippen LogP contribution in [0, 0.1) is 20.4 Å². The number of rotatable bonds is 17. The molecule has 0 spiro atoms. The molecular weight excluding hydrogens is 888 g/mol. The van der Waals surface area contributed by atoms with Gasteiger partial charge in [-0.2, -0.15) is 4.98 Å². The number of phosphoric ester groups is 1. The summed E-state index contributed by atoms with van der Waals surface area (Å²) in [5.74, 6) is -0.357. The van der Waals surface area contributed by atoms with Crippen LogP contribution in [-0.4, -0.2) is 89.2 Å². The van der Waals surface area contributed by atoms with E-state index < -0.39 is 94.1 Å². The molecule has 5 aromatic rings. The molecule has 7 rings (SSSR count). The number of phosphoric acid groups is 1. The number of aromatic nitrogens is 4. The van der Waals surface area contributed by atoms with Gasteiger partial charge < -0.3 is 29.2 Å². The number of carbonyl (C=O) groups excluding carboxylic acids is 1. The summed E-state index contributed by atoms with van der Waals surface area (Å²) in [7, 11) is -7.97. The van der Waals surface area contributed by atoms with E-state index in [4.69, 9.17) is 34.0 Å². The molecule has 1 amide bonds. The third kappa shape index (κ3) is 10.5. The van der Waals surface area contributed by atoms with Gasteiger partial charge >= 0.3 is 19.2 Å². The summed E-state index contributed by atoms with van der Waals surface area (Å²) in [6.07, 6.45) is -3.22. The lowest BCUT2D eigenvalue weighted by Crippen LogP contribution is -2.68. The lowest BCUT2D eigenvalue weighted by atomic mass is 10.2. The lowest BCUT2D eigenvalue weighted by Gasteiger charge is -2.45. The van der Waals surface area contributed by atoms with Crippen LogP contribution in [-0.2, 0) is 32.0 Å². The first kappa shape index (κ1) is 48.3. The van der Waals surface area contributed by atoms with Gasteiger partial charge in [-0.3, -0.25) is 37.3 Å². The number of aromatic amines is 1. The maximum Gasteiger partial charge on any atom is 0.475 e. The van der Waals surface area contributed by atoms with E-state index in [9.17, 15) is 28.8 Å². The minimum Gasteiger partial charge on any atom is -0.402 e. The SMILES string of the molecule is [C-]#[N+]CCOP(=O)(OC[C@H]1O[C@@H](n2cc(C)c(NC(=O)c3ccccc3)nc2=O)C[C@H]1O[Si](c1ccccc1)(c1ccccc1)C(C)(C)C)O[C@@H]1C[C@H](n2cc(C)c(=O)[nH]c2=O)O[C@@H]1CO. The first-order valence-electron chi connectivity index (χ1n) is 21.5. The van der Waals surface area contributed by atoms with E-state index in [-0.39, 0.29) is 37.4 Å². The van der Waals surface area contributed by atoms with E-state index in [0.29, 0.717) is 11.1 Å². The summed E-state index contributed by atoms with van der Waals surface area (Å²) in [6, 6.07) is 28.4. The molecule has 3 N–H and O–H groups in total. The third-order valence-corrected chi connectivity index (χ3v) is 18.1. The summed E-state index contributed by atoms with van der Waals surface area (Å²) < 4.78 is 55.2. The Labute approximate surface area is 382 Å². The summed E-state index contributed by atoms with van der Waals surface area (Å²) >= 11 is 0. The highest BCUT2D eigenvalue weighted by molar-refractivity contribution is 7.48. The Bertz CT molecular complexity index is 2720. The number of ether oxygens (including phenoxy) is 2. The van der Waals surface area contributed by atoms with E-state index >= 15 is 0 Å². The van der Waals surface area contributed by atoms with Gasteiger partial charge in [0.15, 0.2) is 0 Å². The van der Waals surface area contributed by atoms with Gasteiger partial charge in [0.1, 0.15) is 43.2 Å². The Hall–Kier alpha value is -5.65. The fraction of sp³-hybridized carbons (Fsp3) is 0.391. The van der Waals surface area contributed by atoms with Crippen LogP contribution in [0.5, 0.6) is 0 Å². The molecule has 2 fully saturated rings. The largest absolute Gasteiger partial charge is 0.475 e. The molecule has 2 aromatic heterocycles. The van der Waals surface area contributed by atoms with Crippen LogP contribution in [0.2, 0.25) is 5.04 Å². The molecule has 0 bridgehead atoms. The average molecular weight is 941 g/mol. The topological polar surface area (TPSA) is 216 Å². The zero-order chi connectivity index (χ0) is 47.2. The van der Waals surface area contributed by atoms with Gasteiger partial charge in [-0.25, -0.2) is 20.7 Å². The number of benzene rings is 3. The van der Waals surface area contributed by atoms with Crippen molar-refractivity contribution >= 4 is 38.2 Å².